The minimum atomic E-state index is 0.683. The third-order valence-electron chi connectivity index (χ3n) is 3.51. The molecule has 0 rings (SSSR count). The molecule has 98 valence electrons. The van der Waals surface area contributed by atoms with Gasteiger partial charge in [0.25, 0.3) is 0 Å². The van der Waals surface area contributed by atoms with Gasteiger partial charge in [-0.2, -0.15) is 0 Å². The van der Waals surface area contributed by atoms with Crippen LogP contribution in [0.3, 0.4) is 0 Å². The van der Waals surface area contributed by atoms with E-state index in [0.717, 1.165) is 24.9 Å². The number of hydrogen-bond acceptors (Lipinski definition) is 2. The lowest BCUT2D eigenvalue weighted by Crippen LogP contribution is -2.43. The quantitative estimate of drug-likeness (QED) is 0.610. The number of hydrogen-bond donors (Lipinski definition) is 1. The first kappa shape index (κ1) is 15.9. The van der Waals surface area contributed by atoms with E-state index >= 15 is 0 Å². The van der Waals surface area contributed by atoms with Crippen molar-refractivity contribution in [3.8, 4) is 0 Å². The van der Waals surface area contributed by atoms with Crippen molar-refractivity contribution in [2.75, 3.05) is 27.2 Å². The highest BCUT2D eigenvalue weighted by atomic mass is 15.1. The highest BCUT2D eigenvalue weighted by molar-refractivity contribution is 4.76. The number of nitrogens with zero attached hydrogens (tertiary/aromatic N) is 1. The molecule has 0 fully saturated rings. The smallest absolute Gasteiger partial charge is 0.0242 e. The summed E-state index contributed by atoms with van der Waals surface area (Å²) in [5, 5.41) is 3.61. The first-order chi connectivity index (χ1) is 7.52. The van der Waals surface area contributed by atoms with E-state index in [1.165, 1.54) is 19.3 Å². The van der Waals surface area contributed by atoms with E-state index in [2.05, 4.69) is 52.0 Å². The minimum absolute atomic E-state index is 0.683. The second kappa shape index (κ2) is 9.00. The minimum Gasteiger partial charge on any atom is -0.315 e. The van der Waals surface area contributed by atoms with Crippen LogP contribution >= 0.6 is 0 Å². The van der Waals surface area contributed by atoms with Crippen molar-refractivity contribution >= 4 is 0 Å². The molecular weight excluding hydrogens is 196 g/mol. The predicted octanol–water partition coefficient (Wildman–Crippen LogP) is 2.99. The van der Waals surface area contributed by atoms with E-state index in [0.29, 0.717) is 6.04 Å². The molecule has 2 heteroatoms. The van der Waals surface area contributed by atoms with E-state index in [4.69, 9.17) is 0 Å². The largest absolute Gasteiger partial charge is 0.315 e. The van der Waals surface area contributed by atoms with Crippen LogP contribution in [0.25, 0.3) is 0 Å². The van der Waals surface area contributed by atoms with Crippen LogP contribution < -0.4 is 5.32 Å². The topological polar surface area (TPSA) is 15.3 Å². The van der Waals surface area contributed by atoms with Gasteiger partial charge in [0.15, 0.2) is 0 Å². The Morgan fingerprint density at radius 3 is 2.00 bits per heavy atom. The first-order valence-electron chi connectivity index (χ1n) is 6.89. The average Bonchev–Trinajstić information content (AvgIpc) is 2.22. The molecule has 0 aromatic carbocycles. The maximum Gasteiger partial charge on any atom is 0.0242 e. The zero-order valence-corrected chi connectivity index (χ0v) is 12.2. The summed E-state index contributed by atoms with van der Waals surface area (Å²) in [6.07, 6.45) is 3.85. The molecule has 0 aromatic heterocycles. The average molecular weight is 228 g/mol. The fraction of sp³-hybridized carbons (Fsp3) is 1.00. The molecule has 0 bridgehead atoms. The van der Waals surface area contributed by atoms with Crippen LogP contribution in [0.2, 0.25) is 0 Å². The fourth-order valence-corrected chi connectivity index (χ4v) is 2.24. The maximum atomic E-state index is 3.61. The Balaban J connectivity index is 3.94. The standard InChI is InChI=1S/C14H32N2/c1-7-13(8-2)14(16(5)6)11-15-10-9-12(3)4/h12-15H,7-11H2,1-6H3. The molecule has 1 atom stereocenters. The zero-order valence-electron chi connectivity index (χ0n) is 12.2. The summed E-state index contributed by atoms with van der Waals surface area (Å²) in [5.74, 6) is 1.63. The van der Waals surface area contributed by atoms with Crippen LogP contribution in [0.1, 0.15) is 47.0 Å². The van der Waals surface area contributed by atoms with Gasteiger partial charge in [-0.3, -0.25) is 0 Å². The summed E-state index contributed by atoms with van der Waals surface area (Å²) in [7, 11) is 4.40. The van der Waals surface area contributed by atoms with Gasteiger partial charge < -0.3 is 10.2 Å². The van der Waals surface area contributed by atoms with E-state index < -0.39 is 0 Å². The number of likely N-dealkylation sites (N-methyl/N-ethyl adjacent to an activating group) is 1. The van der Waals surface area contributed by atoms with Crippen LogP contribution in [-0.4, -0.2) is 38.1 Å². The SMILES string of the molecule is CCC(CC)C(CNCCC(C)C)N(C)C. The lowest BCUT2D eigenvalue weighted by molar-refractivity contribution is 0.194. The number of rotatable bonds is 9. The van der Waals surface area contributed by atoms with Gasteiger partial charge in [0, 0.05) is 12.6 Å². The summed E-state index contributed by atoms with van der Waals surface area (Å²) in [4.78, 5) is 2.38. The van der Waals surface area contributed by atoms with Crippen molar-refractivity contribution in [1.82, 2.24) is 10.2 Å². The molecule has 0 aliphatic heterocycles. The highest BCUT2D eigenvalue weighted by Gasteiger charge is 2.19. The maximum absolute atomic E-state index is 3.61. The molecule has 0 spiro atoms. The fourth-order valence-electron chi connectivity index (χ4n) is 2.24. The summed E-state index contributed by atoms with van der Waals surface area (Å²) >= 11 is 0. The van der Waals surface area contributed by atoms with Crippen molar-refractivity contribution in [2.24, 2.45) is 11.8 Å². The van der Waals surface area contributed by atoms with Crippen LogP contribution in [-0.2, 0) is 0 Å². The van der Waals surface area contributed by atoms with Gasteiger partial charge in [0.05, 0.1) is 0 Å². The van der Waals surface area contributed by atoms with Crippen LogP contribution in [0.4, 0.5) is 0 Å². The second-order valence-electron chi connectivity index (χ2n) is 5.49. The van der Waals surface area contributed by atoms with Gasteiger partial charge in [-0.25, -0.2) is 0 Å². The van der Waals surface area contributed by atoms with Gasteiger partial charge in [-0.1, -0.05) is 40.5 Å². The van der Waals surface area contributed by atoms with Gasteiger partial charge in [-0.15, -0.1) is 0 Å². The normalized spacial score (nSPS) is 14.1. The van der Waals surface area contributed by atoms with E-state index in [9.17, 15) is 0 Å². The first-order valence-corrected chi connectivity index (χ1v) is 6.89. The molecular formula is C14H32N2. The van der Waals surface area contributed by atoms with Crippen molar-refractivity contribution in [1.29, 1.82) is 0 Å². The zero-order chi connectivity index (χ0) is 12.6. The molecule has 0 saturated carbocycles. The molecule has 1 N–H and O–H groups in total. The molecule has 0 heterocycles. The Morgan fingerprint density at radius 2 is 1.62 bits per heavy atom. The summed E-state index contributed by atoms with van der Waals surface area (Å²) < 4.78 is 0. The third kappa shape index (κ3) is 6.49. The Bertz CT molecular complexity index is 151. The van der Waals surface area contributed by atoms with Crippen molar-refractivity contribution < 1.29 is 0 Å². The predicted molar refractivity (Wildman–Crippen MR) is 73.9 cm³/mol. The van der Waals surface area contributed by atoms with Gasteiger partial charge in [0.1, 0.15) is 0 Å². The van der Waals surface area contributed by atoms with Crippen molar-refractivity contribution in [3.63, 3.8) is 0 Å². The Morgan fingerprint density at radius 1 is 1.06 bits per heavy atom. The molecule has 0 saturated heterocycles. The molecule has 1 unspecified atom stereocenters. The molecule has 0 radical (unpaired) electrons. The highest BCUT2D eigenvalue weighted by Crippen LogP contribution is 2.16. The second-order valence-corrected chi connectivity index (χ2v) is 5.49. The van der Waals surface area contributed by atoms with Crippen LogP contribution in [0.5, 0.6) is 0 Å². The Kier molecular flexibility index (Phi) is 8.96. The van der Waals surface area contributed by atoms with Gasteiger partial charge in [-0.05, 0) is 38.9 Å². The van der Waals surface area contributed by atoms with Crippen LogP contribution in [0.15, 0.2) is 0 Å². The van der Waals surface area contributed by atoms with Crippen LogP contribution in [0, 0.1) is 11.8 Å². The van der Waals surface area contributed by atoms with E-state index in [-0.39, 0.29) is 0 Å². The van der Waals surface area contributed by atoms with Gasteiger partial charge in [0.2, 0.25) is 0 Å². The molecule has 2 nitrogen and oxygen atoms in total. The molecule has 0 aromatic rings. The van der Waals surface area contributed by atoms with Crippen molar-refractivity contribution in [2.45, 2.75) is 53.0 Å². The van der Waals surface area contributed by atoms with Gasteiger partial charge >= 0.3 is 0 Å². The lowest BCUT2D eigenvalue weighted by atomic mass is 9.93. The monoisotopic (exact) mass is 228 g/mol. The van der Waals surface area contributed by atoms with Crippen molar-refractivity contribution in [3.05, 3.63) is 0 Å². The summed E-state index contributed by atoms with van der Waals surface area (Å²) in [6.45, 7) is 11.5. The molecule has 0 amide bonds. The summed E-state index contributed by atoms with van der Waals surface area (Å²) in [6, 6.07) is 0.683. The third-order valence-corrected chi connectivity index (χ3v) is 3.51. The molecule has 0 aliphatic carbocycles. The Labute approximate surface area is 103 Å². The molecule has 16 heavy (non-hydrogen) atoms. The van der Waals surface area contributed by atoms with E-state index in [1.807, 2.05) is 0 Å². The summed E-state index contributed by atoms with van der Waals surface area (Å²) in [5.41, 5.74) is 0. The Hall–Kier alpha value is -0.0800. The lowest BCUT2D eigenvalue weighted by Gasteiger charge is -2.31. The molecule has 0 aliphatic rings. The van der Waals surface area contributed by atoms with E-state index in [1.54, 1.807) is 0 Å². The number of nitrogens with one attached hydrogen (secondary N) is 1.